The first kappa shape index (κ1) is 23.6. The number of nitrogens with one attached hydrogen (secondary N) is 1. The quantitative estimate of drug-likeness (QED) is 0.574. The largest absolute Gasteiger partial charge is 0.402 e. The topological polar surface area (TPSA) is 80.1 Å². The van der Waals surface area contributed by atoms with Gasteiger partial charge in [0.05, 0.1) is 16.9 Å². The Kier molecular flexibility index (Phi) is 5.33. The average molecular weight is 518 g/mol. The summed E-state index contributed by atoms with van der Waals surface area (Å²) in [6.45, 7) is -1.60. The molecule has 0 amide bonds. The van der Waals surface area contributed by atoms with Gasteiger partial charge in [0.2, 0.25) is 0 Å². The van der Waals surface area contributed by atoms with Crippen molar-refractivity contribution in [1.82, 2.24) is 23.8 Å². The fourth-order valence-electron chi connectivity index (χ4n) is 6.41. The summed E-state index contributed by atoms with van der Waals surface area (Å²) < 4.78 is 69.9. The molecule has 1 aromatic carbocycles. The van der Waals surface area contributed by atoms with E-state index >= 15 is 0 Å². The summed E-state index contributed by atoms with van der Waals surface area (Å²) in [6.07, 6.45) is 1.73. The van der Waals surface area contributed by atoms with Gasteiger partial charge in [-0.25, -0.2) is 0 Å². The highest BCUT2D eigenvalue weighted by Gasteiger charge is 2.60. The smallest absolute Gasteiger partial charge is 0.267 e. The highest BCUT2D eigenvalue weighted by Crippen LogP contribution is 2.50. The van der Waals surface area contributed by atoms with Gasteiger partial charge >= 0.3 is 6.18 Å². The Hall–Kier alpha value is -2.76. The molecule has 3 aliphatic rings. The van der Waals surface area contributed by atoms with Gasteiger partial charge < -0.3 is 0 Å². The second-order valence-corrected chi connectivity index (χ2v) is 11.8. The molecule has 1 saturated carbocycles. The second kappa shape index (κ2) is 8.12. The minimum atomic E-state index is -4.58. The molecular weight excluding hydrogens is 491 g/mol. The molecule has 1 saturated heterocycles. The van der Waals surface area contributed by atoms with Gasteiger partial charge in [0.1, 0.15) is 6.54 Å². The fourth-order valence-corrected chi connectivity index (χ4v) is 8.11. The van der Waals surface area contributed by atoms with E-state index < -0.39 is 28.5 Å². The lowest BCUT2D eigenvalue weighted by Gasteiger charge is -2.33. The molecule has 1 spiro atoms. The maximum Gasteiger partial charge on any atom is 0.402 e. The van der Waals surface area contributed by atoms with Crippen LogP contribution in [-0.4, -0.2) is 52.3 Å². The van der Waals surface area contributed by atoms with E-state index in [1.165, 1.54) is 0 Å². The Morgan fingerprint density at radius 3 is 2.42 bits per heavy atom. The molecule has 190 valence electrons. The number of aryl methyl sites for hydroxylation is 1. The Bertz CT molecular complexity index is 1420. The summed E-state index contributed by atoms with van der Waals surface area (Å²) in [7, 11) is -2.30. The molecule has 0 unspecified atom stereocenters. The molecule has 36 heavy (non-hydrogen) atoms. The number of pyridine rings is 1. The summed E-state index contributed by atoms with van der Waals surface area (Å²) >= 11 is 0. The van der Waals surface area contributed by atoms with E-state index in [-0.39, 0.29) is 18.4 Å². The van der Waals surface area contributed by atoms with Crippen LogP contribution < -0.4 is 4.72 Å². The number of halogens is 3. The van der Waals surface area contributed by atoms with Crippen LogP contribution in [0.2, 0.25) is 0 Å². The molecule has 2 aromatic heterocycles. The zero-order chi connectivity index (χ0) is 25.3. The van der Waals surface area contributed by atoms with Crippen molar-refractivity contribution in [3.8, 4) is 22.5 Å². The lowest BCUT2D eigenvalue weighted by molar-refractivity contribution is -0.136. The van der Waals surface area contributed by atoms with Crippen LogP contribution in [0.5, 0.6) is 0 Å². The number of alkyl halides is 3. The number of aromatic nitrogens is 3. The van der Waals surface area contributed by atoms with Crippen molar-refractivity contribution in [2.45, 2.75) is 37.4 Å². The molecule has 0 radical (unpaired) electrons. The fraction of sp³-hybridized carbons (Fsp3) is 0.440. The van der Waals surface area contributed by atoms with Gasteiger partial charge in [0.15, 0.2) is 0 Å². The molecule has 3 aromatic rings. The van der Waals surface area contributed by atoms with Crippen molar-refractivity contribution < 1.29 is 21.6 Å². The molecule has 11 heteroatoms. The predicted molar refractivity (Wildman–Crippen MR) is 128 cm³/mol. The van der Waals surface area contributed by atoms with Crippen LogP contribution in [0.25, 0.3) is 22.5 Å². The molecule has 3 atom stereocenters. The zero-order valence-corrected chi connectivity index (χ0v) is 20.5. The monoisotopic (exact) mass is 517 g/mol. The van der Waals surface area contributed by atoms with Crippen LogP contribution in [0, 0.1) is 11.8 Å². The Labute approximate surface area is 207 Å². The van der Waals surface area contributed by atoms with Gasteiger partial charge in [-0.15, -0.1) is 0 Å². The predicted octanol–water partition coefficient (Wildman–Crippen LogP) is 3.73. The molecular formula is C25H26F3N5O2S. The van der Waals surface area contributed by atoms with Crippen LogP contribution in [0.15, 0.2) is 48.8 Å². The van der Waals surface area contributed by atoms with Gasteiger partial charge in [0.25, 0.3) is 10.2 Å². The Morgan fingerprint density at radius 2 is 1.72 bits per heavy atom. The molecule has 2 fully saturated rings. The number of hydrogen-bond acceptors (Lipinski definition) is 4. The third-order valence-corrected chi connectivity index (χ3v) is 9.64. The summed E-state index contributed by atoms with van der Waals surface area (Å²) in [5, 5.41) is 4.70. The molecule has 1 aliphatic heterocycles. The first-order valence-corrected chi connectivity index (χ1v) is 13.4. The molecule has 7 nitrogen and oxygen atoms in total. The average Bonchev–Trinajstić information content (AvgIpc) is 3.38. The molecule has 1 N–H and O–H groups in total. The maximum absolute atomic E-state index is 13.1. The van der Waals surface area contributed by atoms with Crippen molar-refractivity contribution in [2.24, 2.45) is 18.9 Å². The van der Waals surface area contributed by atoms with E-state index in [1.807, 2.05) is 36.0 Å². The summed E-state index contributed by atoms with van der Waals surface area (Å²) in [5.41, 5.74) is 5.13. The number of fused-ring (bicyclic) bond motifs is 1. The highest BCUT2D eigenvalue weighted by atomic mass is 32.2. The van der Waals surface area contributed by atoms with Crippen LogP contribution in [0.3, 0.4) is 0 Å². The summed E-state index contributed by atoms with van der Waals surface area (Å²) in [4.78, 5) is 4.07. The van der Waals surface area contributed by atoms with E-state index in [2.05, 4.69) is 21.8 Å². The zero-order valence-electron chi connectivity index (χ0n) is 19.7. The Morgan fingerprint density at radius 1 is 1.03 bits per heavy atom. The molecule has 2 bridgehead atoms. The summed E-state index contributed by atoms with van der Waals surface area (Å²) in [5.74, 6) is -0.112. The summed E-state index contributed by atoms with van der Waals surface area (Å²) in [6, 6.07) is 12.1. The lowest BCUT2D eigenvalue weighted by atomic mass is 9.79. The van der Waals surface area contributed by atoms with E-state index in [4.69, 9.17) is 5.10 Å². The van der Waals surface area contributed by atoms with Crippen molar-refractivity contribution in [3.63, 3.8) is 0 Å². The lowest BCUT2D eigenvalue weighted by Crippen LogP contribution is -2.52. The van der Waals surface area contributed by atoms with Gasteiger partial charge in [-0.1, -0.05) is 12.1 Å². The van der Waals surface area contributed by atoms with Crippen molar-refractivity contribution in [3.05, 3.63) is 59.9 Å². The van der Waals surface area contributed by atoms with Gasteiger partial charge in [-0.2, -0.15) is 35.7 Å². The van der Waals surface area contributed by atoms with E-state index in [1.54, 1.807) is 12.4 Å². The van der Waals surface area contributed by atoms with Gasteiger partial charge in [-0.05, 0) is 72.9 Å². The number of hydrogen-bond donors (Lipinski definition) is 1. The molecule has 6 rings (SSSR count). The third-order valence-electron chi connectivity index (χ3n) is 8.06. The third kappa shape index (κ3) is 3.93. The standard InChI is InChI=1S/C25H26F3N5O2S/c1-32-23(16-6-8-29-9-7-16)13-22(30-32)18-3-2-17-11-20-4-5-21(12-19(17)10-18)24(20)14-33(15-25(26,27)28)36(34,35)31-24/h2-3,6-10,13,20-21,31H,4-5,11-12,14-15H2,1H3/t20-,21+,24+/m0/s1. The minimum absolute atomic E-state index is 0.0456. The van der Waals surface area contributed by atoms with Gasteiger partial charge in [-0.3, -0.25) is 9.67 Å². The van der Waals surface area contributed by atoms with Crippen molar-refractivity contribution in [1.29, 1.82) is 0 Å². The van der Waals surface area contributed by atoms with Crippen LogP contribution in [-0.2, 0) is 30.1 Å². The number of nitrogens with zero attached hydrogens (tertiary/aromatic N) is 4. The Balaban J connectivity index is 1.31. The van der Waals surface area contributed by atoms with Crippen LogP contribution in [0.4, 0.5) is 13.2 Å². The normalized spacial score (nSPS) is 27.3. The van der Waals surface area contributed by atoms with Crippen molar-refractivity contribution in [2.75, 3.05) is 13.1 Å². The van der Waals surface area contributed by atoms with E-state index in [0.717, 1.165) is 46.5 Å². The van der Waals surface area contributed by atoms with Crippen LogP contribution in [0.1, 0.15) is 24.0 Å². The van der Waals surface area contributed by atoms with Gasteiger partial charge in [0, 0.05) is 37.1 Å². The van der Waals surface area contributed by atoms with Crippen molar-refractivity contribution >= 4 is 10.2 Å². The minimum Gasteiger partial charge on any atom is -0.267 e. The van der Waals surface area contributed by atoms with E-state index in [0.29, 0.717) is 17.1 Å². The SMILES string of the molecule is Cn1nc(-c2ccc3c(c2)C[C@H]2CC[C@@H](C3)[C@]23CN(CC(F)(F)F)S(=O)(=O)N3)cc1-c1ccncc1. The first-order chi connectivity index (χ1) is 17.0. The first-order valence-electron chi connectivity index (χ1n) is 12.0. The number of benzene rings is 1. The van der Waals surface area contributed by atoms with Crippen LogP contribution >= 0.6 is 0 Å². The number of rotatable bonds is 3. The molecule has 2 aliphatic carbocycles. The maximum atomic E-state index is 13.1. The second-order valence-electron chi connectivity index (χ2n) is 10.2. The molecule has 3 heterocycles. The van der Waals surface area contributed by atoms with E-state index in [9.17, 15) is 21.6 Å². The highest BCUT2D eigenvalue weighted by molar-refractivity contribution is 7.87.